The maximum atomic E-state index is 5.31. The zero-order valence-corrected chi connectivity index (χ0v) is 10.7. The normalized spacial score (nSPS) is 10.2. The molecule has 0 saturated carbocycles. The van der Waals surface area contributed by atoms with Gasteiger partial charge in [-0.2, -0.15) is 4.89 Å². The summed E-state index contributed by atoms with van der Waals surface area (Å²) in [5.74, 6) is 1.56. The Morgan fingerprint density at radius 2 is 1.53 bits per heavy atom. The largest absolute Gasteiger partial charge is 0.497 e. The Kier molecular flexibility index (Phi) is 5.22. The summed E-state index contributed by atoms with van der Waals surface area (Å²) in [5, 5.41) is 0. The molecule has 0 spiro atoms. The lowest BCUT2D eigenvalue weighted by molar-refractivity contribution is -0.331. The Morgan fingerprint density at radius 3 is 2.21 bits per heavy atom. The zero-order chi connectivity index (χ0) is 13.3. The van der Waals surface area contributed by atoms with Gasteiger partial charge in [0.15, 0.2) is 0 Å². The van der Waals surface area contributed by atoms with E-state index in [1.165, 1.54) is 0 Å². The molecule has 2 rings (SSSR count). The number of methoxy groups -OCH3 is 1. The Balaban J connectivity index is 1.63. The highest BCUT2D eigenvalue weighted by Crippen LogP contribution is 2.12. The van der Waals surface area contributed by atoms with E-state index in [-0.39, 0.29) is 6.79 Å². The summed E-state index contributed by atoms with van der Waals surface area (Å²) in [5.41, 5.74) is 1.00. The summed E-state index contributed by atoms with van der Waals surface area (Å²) in [6, 6.07) is 17.0. The highest BCUT2D eigenvalue weighted by atomic mass is 17.2. The first-order valence-corrected chi connectivity index (χ1v) is 5.93. The summed E-state index contributed by atoms with van der Waals surface area (Å²) in [6.45, 7) is 0.419. The van der Waals surface area contributed by atoms with E-state index in [0.717, 1.165) is 17.1 Å². The van der Waals surface area contributed by atoms with E-state index < -0.39 is 0 Å². The second-order valence-corrected chi connectivity index (χ2v) is 3.80. The molecular formula is C15H16O4. The number of ether oxygens (including phenoxy) is 2. The molecule has 0 aromatic heterocycles. The van der Waals surface area contributed by atoms with E-state index in [1.54, 1.807) is 7.11 Å². The van der Waals surface area contributed by atoms with Gasteiger partial charge in [-0.3, -0.25) is 0 Å². The Bertz CT molecular complexity index is 467. The minimum atomic E-state index is 0.0557. The van der Waals surface area contributed by atoms with Gasteiger partial charge in [-0.05, 0) is 29.8 Å². The average Bonchev–Trinajstić information content (AvgIpc) is 2.49. The molecule has 0 heterocycles. The molecule has 0 fully saturated rings. The fraction of sp³-hybridized carbons (Fsp3) is 0.200. The van der Waals surface area contributed by atoms with E-state index in [9.17, 15) is 0 Å². The Morgan fingerprint density at radius 1 is 0.789 bits per heavy atom. The lowest BCUT2D eigenvalue weighted by Crippen LogP contribution is -2.03. The molecule has 100 valence electrons. The molecule has 4 nitrogen and oxygen atoms in total. The molecule has 0 N–H and O–H groups in total. The highest BCUT2D eigenvalue weighted by Gasteiger charge is 1.96. The van der Waals surface area contributed by atoms with E-state index >= 15 is 0 Å². The van der Waals surface area contributed by atoms with Gasteiger partial charge in [0.1, 0.15) is 18.1 Å². The minimum absolute atomic E-state index is 0.0557. The van der Waals surface area contributed by atoms with Gasteiger partial charge >= 0.3 is 0 Å². The van der Waals surface area contributed by atoms with Crippen molar-refractivity contribution in [3.8, 4) is 11.5 Å². The first-order chi connectivity index (χ1) is 9.38. The van der Waals surface area contributed by atoms with Crippen LogP contribution in [-0.4, -0.2) is 13.9 Å². The van der Waals surface area contributed by atoms with Crippen LogP contribution in [0, 0.1) is 0 Å². The van der Waals surface area contributed by atoms with Gasteiger partial charge in [-0.25, -0.2) is 4.89 Å². The molecule has 0 aliphatic heterocycles. The second kappa shape index (κ2) is 7.41. The highest BCUT2D eigenvalue weighted by molar-refractivity contribution is 5.26. The van der Waals surface area contributed by atoms with E-state index in [4.69, 9.17) is 19.2 Å². The van der Waals surface area contributed by atoms with E-state index in [0.29, 0.717) is 6.61 Å². The van der Waals surface area contributed by atoms with E-state index in [2.05, 4.69) is 0 Å². The summed E-state index contributed by atoms with van der Waals surface area (Å²) in [4.78, 5) is 9.99. The maximum absolute atomic E-state index is 5.31. The van der Waals surface area contributed by atoms with Crippen LogP contribution in [0.1, 0.15) is 5.56 Å². The lowest BCUT2D eigenvalue weighted by atomic mass is 10.2. The first-order valence-electron chi connectivity index (χ1n) is 5.93. The summed E-state index contributed by atoms with van der Waals surface area (Å²) in [7, 11) is 1.63. The third-order valence-corrected chi connectivity index (χ3v) is 2.48. The first kappa shape index (κ1) is 13.4. The molecule has 0 bridgehead atoms. The molecule has 0 aliphatic carbocycles. The van der Waals surface area contributed by atoms with Gasteiger partial charge < -0.3 is 9.47 Å². The number of rotatable bonds is 7. The molecule has 2 aromatic carbocycles. The topological polar surface area (TPSA) is 36.9 Å². The van der Waals surface area contributed by atoms with Crippen molar-refractivity contribution in [2.75, 3.05) is 13.9 Å². The van der Waals surface area contributed by atoms with Crippen molar-refractivity contribution in [3.63, 3.8) is 0 Å². The fourth-order valence-corrected chi connectivity index (χ4v) is 1.47. The van der Waals surface area contributed by atoms with Gasteiger partial charge in [-0.1, -0.05) is 30.3 Å². The third kappa shape index (κ3) is 4.62. The molecule has 19 heavy (non-hydrogen) atoms. The fourth-order valence-electron chi connectivity index (χ4n) is 1.47. The van der Waals surface area contributed by atoms with Gasteiger partial charge in [0.25, 0.3) is 0 Å². The predicted molar refractivity (Wildman–Crippen MR) is 70.8 cm³/mol. The monoisotopic (exact) mass is 260 g/mol. The Hall–Kier alpha value is -2.04. The van der Waals surface area contributed by atoms with Crippen LogP contribution in [0.25, 0.3) is 0 Å². The van der Waals surface area contributed by atoms with Crippen LogP contribution in [0.15, 0.2) is 54.6 Å². The van der Waals surface area contributed by atoms with Crippen LogP contribution in [0.2, 0.25) is 0 Å². The van der Waals surface area contributed by atoms with Gasteiger partial charge in [0.2, 0.25) is 6.79 Å². The molecule has 0 amide bonds. The van der Waals surface area contributed by atoms with E-state index in [1.807, 2.05) is 54.6 Å². The summed E-state index contributed by atoms with van der Waals surface area (Å²) >= 11 is 0. The Labute approximate surface area is 112 Å². The van der Waals surface area contributed by atoms with Crippen LogP contribution in [-0.2, 0) is 16.4 Å². The van der Waals surface area contributed by atoms with Crippen LogP contribution in [0.4, 0.5) is 0 Å². The standard InChI is InChI=1S/C15H16O4/c1-16-14-9-7-13(8-10-14)11-18-19-12-17-15-5-3-2-4-6-15/h2-10H,11-12H2,1H3. The molecule has 4 heteroatoms. The van der Waals surface area contributed by atoms with Crippen LogP contribution < -0.4 is 9.47 Å². The van der Waals surface area contributed by atoms with Gasteiger partial charge in [-0.15, -0.1) is 0 Å². The number of hydrogen-bond donors (Lipinski definition) is 0. The van der Waals surface area contributed by atoms with Crippen LogP contribution in [0.5, 0.6) is 11.5 Å². The molecule has 0 aliphatic rings. The minimum Gasteiger partial charge on any atom is -0.497 e. The number of para-hydroxylation sites is 1. The second-order valence-electron chi connectivity index (χ2n) is 3.80. The molecule has 0 saturated heterocycles. The maximum Gasteiger partial charge on any atom is 0.221 e. The quantitative estimate of drug-likeness (QED) is 0.331. The molecular weight excluding hydrogens is 244 g/mol. The van der Waals surface area contributed by atoms with Crippen molar-refractivity contribution in [3.05, 3.63) is 60.2 Å². The number of hydrogen-bond acceptors (Lipinski definition) is 4. The predicted octanol–water partition coefficient (Wildman–Crippen LogP) is 3.18. The van der Waals surface area contributed by atoms with Crippen molar-refractivity contribution in [1.29, 1.82) is 0 Å². The van der Waals surface area contributed by atoms with Crippen molar-refractivity contribution < 1.29 is 19.2 Å². The molecule has 0 atom stereocenters. The molecule has 2 aromatic rings. The van der Waals surface area contributed by atoms with Crippen molar-refractivity contribution in [2.45, 2.75) is 6.61 Å². The smallest absolute Gasteiger partial charge is 0.221 e. The lowest BCUT2D eigenvalue weighted by Gasteiger charge is -2.07. The van der Waals surface area contributed by atoms with Crippen molar-refractivity contribution >= 4 is 0 Å². The van der Waals surface area contributed by atoms with Gasteiger partial charge in [0, 0.05) is 0 Å². The number of benzene rings is 2. The SMILES string of the molecule is COc1ccc(COOCOc2ccccc2)cc1. The van der Waals surface area contributed by atoms with Crippen LogP contribution in [0.3, 0.4) is 0 Å². The summed E-state index contributed by atoms with van der Waals surface area (Å²) < 4.78 is 10.4. The van der Waals surface area contributed by atoms with Crippen molar-refractivity contribution in [2.24, 2.45) is 0 Å². The molecule has 0 unspecified atom stereocenters. The third-order valence-electron chi connectivity index (χ3n) is 2.48. The molecule has 0 radical (unpaired) electrons. The van der Waals surface area contributed by atoms with Gasteiger partial charge in [0.05, 0.1) is 7.11 Å². The van der Waals surface area contributed by atoms with Crippen LogP contribution >= 0.6 is 0 Å². The zero-order valence-electron chi connectivity index (χ0n) is 10.7. The summed E-state index contributed by atoms with van der Waals surface area (Å²) in [6.07, 6.45) is 0. The average molecular weight is 260 g/mol. The van der Waals surface area contributed by atoms with Crippen molar-refractivity contribution in [1.82, 2.24) is 0 Å².